The van der Waals surface area contributed by atoms with E-state index in [1.165, 1.54) is 456 Å². The number of ether oxygens (including phenoxy) is 4. The molecule has 2 unspecified atom stereocenters. The summed E-state index contributed by atoms with van der Waals surface area (Å²) in [6, 6.07) is 0. The maximum atomic E-state index is 13.0. The first kappa shape index (κ1) is 100. The number of rotatable bonds is 90. The molecular formula is C93H184NO8+. The molecule has 2 atom stereocenters. The van der Waals surface area contributed by atoms with Crippen molar-refractivity contribution in [2.75, 3.05) is 47.5 Å². The molecule has 0 aromatic carbocycles. The van der Waals surface area contributed by atoms with E-state index in [4.69, 9.17) is 18.9 Å². The number of carbonyl (C=O) groups is 3. The summed E-state index contributed by atoms with van der Waals surface area (Å²) in [5, 5.41) is 9.80. The topological polar surface area (TPSA) is 108 Å². The predicted molar refractivity (Wildman–Crippen MR) is 443 cm³/mol. The van der Waals surface area contributed by atoms with Crippen molar-refractivity contribution in [3.05, 3.63) is 0 Å². The smallest absolute Gasteiger partial charge is 0.361 e. The number of quaternary nitrogens is 1. The van der Waals surface area contributed by atoms with E-state index in [1.807, 2.05) is 21.1 Å². The van der Waals surface area contributed by atoms with Crippen molar-refractivity contribution in [3.8, 4) is 0 Å². The molecule has 0 radical (unpaired) electrons. The predicted octanol–water partition coefficient (Wildman–Crippen LogP) is 30.4. The standard InChI is InChI=1S/C93H183NO8/c1-6-8-10-12-14-16-18-20-22-24-26-28-30-32-34-36-38-40-42-44-45-46-47-48-50-52-54-56-58-60-62-64-66-68-70-72-74-76-78-80-82-84-91(96)102-89(88-101-93(92(97)98)99-86-85-94(3,4)5)87-100-90(95)83-81-79-77-75-73-71-69-67-65-63-61-59-57-55-53-51-49-43-41-39-37-35-33-31-29-27-25-23-21-19-17-15-13-11-9-7-2/h89,93H,6-88H2,1-5H3/p+1. The Morgan fingerprint density at radius 1 is 0.255 bits per heavy atom. The number of esters is 2. The Labute approximate surface area is 638 Å². The molecule has 0 aliphatic rings. The molecule has 0 heterocycles. The normalized spacial score (nSPS) is 12.4. The van der Waals surface area contributed by atoms with Gasteiger partial charge in [0.15, 0.2) is 6.10 Å². The van der Waals surface area contributed by atoms with E-state index in [0.717, 1.165) is 38.5 Å². The van der Waals surface area contributed by atoms with Crippen molar-refractivity contribution in [1.29, 1.82) is 0 Å². The van der Waals surface area contributed by atoms with Gasteiger partial charge < -0.3 is 28.5 Å². The number of carbonyl (C=O) groups excluding carboxylic acids is 2. The van der Waals surface area contributed by atoms with Crippen LogP contribution in [0.2, 0.25) is 0 Å². The number of unbranched alkanes of at least 4 members (excludes halogenated alkanes) is 75. The van der Waals surface area contributed by atoms with Crippen molar-refractivity contribution < 1.29 is 42.9 Å². The number of hydrogen-bond acceptors (Lipinski definition) is 7. The van der Waals surface area contributed by atoms with E-state index in [-0.39, 0.29) is 38.2 Å². The van der Waals surface area contributed by atoms with E-state index in [1.54, 1.807) is 0 Å². The van der Waals surface area contributed by atoms with Crippen LogP contribution in [0.25, 0.3) is 0 Å². The molecule has 1 N–H and O–H groups in total. The molecule has 608 valence electrons. The van der Waals surface area contributed by atoms with Gasteiger partial charge in [-0.25, -0.2) is 4.79 Å². The van der Waals surface area contributed by atoms with Gasteiger partial charge in [0.2, 0.25) is 0 Å². The lowest BCUT2D eigenvalue weighted by atomic mass is 10.0. The maximum absolute atomic E-state index is 13.0. The summed E-state index contributed by atoms with van der Waals surface area (Å²) in [4.78, 5) is 37.8. The van der Waals surface area contributed by atoms with E-state index in [2.05, 4.69) is 13.8 Å². The molecular weight excluding hydrogens is 1260 g/mol. The van der Waals surface area contributed by atoms with Gasteiger partial charge in [-0.05, 0) is 12.8 Å². The van der Waals surface area contributed by atoms with Gasteiger partial charge in [-0.2, -0.15) is 0 Å². The second kappa shape index (κ2) is 84.9. The summed E-state index contributed by atoms with van der Waals surface area (Å²) in [6.45, 7) is 5.00. The number of likely N-dealkylation sites (N-methyl/N-ethyl adjacent to an activating group) is 1. The summed E-state index contributed by atoms with van der Waals surface area (Å²) < 4.78 is 23.1. The summed E-state index contributed by atoms with van der Waals surface area (Å²) >= 11 is 0. The Morgan fingerprint density at radius 3 is 0.627 bits per heavy atom. The molecule has 0 aliphatic heterocycles. The molecule has 0 saturated carbocycles. The first-order valence-electron chi connectivity index (χ1n) is 46.7. The molecule has 0 aliphatic carbocycles. The molecule has 0 aromatic heterocycles. The van der Waals surface area contributed by atoms with Crippen LogP contribution in [0, 0.1) is 0 Å². The summed E-state index contributed by atoms with van der Waals surface area (Å²) in [5.74, 6) is -1.96. The number of carboxylic acid groups (broad SMARTS) is 1. The zero-order valence-corrected chi connectivity index (χ0v) is 70.1. The zero-order chi connectivity index (χ0) is 73.9. The average molecular weight is 1440 g/mol. The second-order valence-corrected chi connectivity index (χ2v) is 33.7. The quantitative estimate of drug-likeness (QED) is 0.0278. The van der Waals surface area contributed by atoms with Crippen LogP contribution in [-0.4, -0.2) is 87.4 Å². The SMILES string of the molecule is CCCCCCCCCCCCCCCCCCCCCCCCCCCCCCCCCCCCCCCCCCCC(=O)OC(COC(=O)CCCCCCCCCCCCCCCCCCCCCCCCCCCCCCCCCCCCCC)COC(OCC[N+](C)(C)C)C(=O)O. The van der Waals surface area contributed by atoms with E-state index in [9.17, 15) is 19.5 Å². The van der Waals surface area contributed by atoms with E-state index >= 15 is 0 Å². The average Bonchev–Trinajstić information content (AvgIpc) is 0.999. The highest BCUT2D eigenvalue weighted by atomic mass is 16.7. The maximum Gasteiger partial charge on any atom is 0.361 e. The zero-order valence-electron chi connectivity index (χ0n) is 70.1. The fraction of sp³-hybridized carbons (Fsp3) is 0.968. The lowest BCUT2D eigenvalue weighted by molar-refractivity contribution is -0.870. The molecule has 9 nitrogen and oxygen atoms in total. The third-order valence-corrected chi connectivity index (χ3v) is 22.1. The minimum Gasteiger partial charge on any atom is -0.477 e. The van der Waals surface area contributed by atoms with Crippen molar-refractivity contribution in [2.24, 2.45) is 0 Å². The Kier molecular flexibility index (Phi) is 83.5. The van der Waals surface area contributed by atoms with Crippen molar-refractivity contribution in [2.45, 2.75) is 533 Å². The van der Waals surface area contributed by atoms with Crippen molar-refractivity contribution in [1.82, 2.24) is 0 Å². The molecule has 0 spiro atoms. The Balaban J connectivity index is 3.85. The summed E-state index contributed by atoms with van der Waals surface area (Å²) in [5.41, 5.74) is 0. The van der Waals surface area contributed by atoms with Crippen LogP contribution in [0.4, 0.5) is 0 Å². The van der Waals surface area contributed by atoms with Crippen molar-refractivity contribution in [3.63, 3.8) is 0 Å². The third kappa shape index (κ3) is 85.5. The van der Waals surface area contributed by atoms with Gasteiger partial charge in [0.25, 0.3) is 6.29 Å². The summed E-state index contributed by atoms with van der Waals surface area (Å²) in [7, 11) is 6.01. The van der Waals surface area contributed by atoms with Crippen LogP contribution < -0.4 is 0 Å². The fourth-order valence-electron chi connectivity index (χ4n) is 15.0. The van der Waals surface area contributed by atoms with Gasteiger partial charge in [0, 0.05) is 12.8 Å². The number of carboxylic acids is 1. The van der Waals surface area contributed by atoms with Crippen LogP contribution in [0.15, 0.2) is 0 Å². The highest BCUT2D eigenvalue weighted by Crippen LogP contribution is 2.22. The van der Waals surface area contributed by atoms with Gasteiger partial charge >= 0.3 is 17.9 Å². The first-order chi connectivity index (χ1) is 50.1. The van der Waals surface area contributed by atoms with Gasteiger partial charge in [-0.3, -0.25) is 9.59 Å². The van der Waals surface area contributed by atoms with Gasteiger partial charge in [-0.15, -0.1) is 0 Å². The molecule has 0 aromatic rings. The Hall–Kier alpha value is -1.71. The lowest BCUT2D eigenvalue weighted by Gasteiger charge is -2.25. The third-order valence-electron chi connectivity index (χ3n) is 22.1. The molecule has 102 heavy (non-hydrogen) atoms. The number of hydrogen-bond donors (Lipinski definition) is 1. The van der Waals surface area contributed by atoms with Crippen molar-refractivity contribution >= 4 is 17.9 Å². The number of aliphatic carboxylic acids is 1. The van der Waals surface area contributed by atoms with Crippen LogP contribution in [0.5, 0.6) is 0 Å². The minimum absolute atomic E-state index is 0.171. The van der Waals surface area contributed by atoms with Crippen LogP contribution >= 0.6 is 0 Å². The monoisotopic (exact) mass is 1440 g/mol. The van der Waals surface area contributed by atoms with Crippen LogP contribution in [-0.2, 0) is 33.3 Å². The highest BCUT2D eigenvalue weighted by molar-refractivity contribution is 5.71. The van der Waals surface area contributed by atoms with Crippen LogP contribution in [0.3, 0.4) is 0 Å². The van der Waals surface area contributed by atoms with E-state index < -0.39 is 18.4 Å². The Morgan fingerprint density at radius 2 is 0.441 bits per heavy atom. The second-order valence-electron chi connectivity index (χ2n) is 33.7. The molecule has 0 saturated heterocycles. The minimum atomic E-state index is -1.51. The first-order valence-corrected chi connectivity index (χ1v) is 46.7. The van der Waals surface area contributed by atoms with Gasteiger partial charge in [0.1, 0.15) is 13.2 Å². The Bertz CT molecular complexity index is 1630. The molecule has 0 bridgehead atoms. The largest absolute Gasteiger partial charge is 0.477 e. The molecule has 0 amide bonds. The molecule has 9 heteroatoms. The fourth-order valence-corrected chi connectivity index (χ4v) is 15.0. The van der Waals surface area contributed by atoms with Gasteiger partial charge in [0.05, 0.1) is 34.4 Å². The van der Waals surface area contributed by atoms with Crippen LogP contribution in [0.1, 0.15) is 521 Å². The molecule has 0 rings (SSSR count). The number of nitrogens with zero attached hydrogens (tertiary/aromatic N) is 1. The highest BCUT2D eigenvalue weighted by Gasteiger charge is 2.25. The summed E-state index contributed by atoms with van der Waals surface area (Å²) in [6.07, 6.45) is 105. The van der Waals surface area contributed by atoms with E-state index in [0.29, 0.717) is 17.4 Å². The van der Waals surface area contributed by atoms with Gasteiger partial charge in [-0.1, -0.05) is 495 Å². The lowest BCUT2D eigenvalue weighted by Crippen LogP contribution is -2.40. The molecule has 0 fully saturated rings.